The number of ether oxygens (including phenoxy) is 1. The highest BCUT2D eigenvalue weighted by Gasteiger charge is 2.03. The van der Waals surface area contributed by atoms with Crippen LogP contribution in [0.5, 0.6) is 5.75 Å². The second-order valence-electron chi connectivity index (χ2n) is 5.26. The largest absolute Gasteiger partial charge is 0.484 e. The molecule has 1 amide bonds. The van der Waals surface area contributed by atoms with Gasteiger partial charge in [-0.3, -0.25) is 15.6 Å². The zero-order valence-corrected chi connectivity index (χ0v) is 16.0. The molecular weight excluding hydrogens is 402 g/mol. The Balaban J connectivity index is 1.55. The standard InChI is InChI=1S/C18H20BrN3O2S/c19-15-9-4-10-16(12-15)24-13-17(23)21-22-18(25)20-11-5-8-14-6-2-1-3-7-14/h1-4,6-7,9-10,12H,5,8,11,13H2,(H,21,23)(H2,20,22,25). The summed E-state index contributed by atoms with van der Waals surface area (Å²) < 4.78 is 6.28. The molecule has 0 spiro atoms. The molecule has 0 bridgehead atoms. The number of rotatable bonds is 7. The van der Waals surface area contributed by atoms with E-state index < -0.39 is 0 Å². The van der Waals surface area contributed by atoms with E-state index in [9.17, 15) is 4.79 Å². The van der Waals surface area contributed by atoms with Crippen LogP contribution < -0.4 is 20.9 Å². The molecule has 2 aromatic rings. The Kier molecular flexibility index (Phi) is 8.21. The van der Waals surface area contributed by atoms with E-state index in [1.54, 1.807) is 12.1 Å². The quantitative estimate of drug-likeness (QED) is 0.364. The van der Waals surface area contributed by atoms with Crippen molar-refractivity contribution in [3.63, 3.8) is 0 Å². The Labute approximate surface area is 161 Å². The van der Waals surface area contributed by atoms with Gasteiger partial charge in [-0.15, -0.1) is 0 Å². The summed E-state index contributed by atoms with van der Waals surface area (Å²) in [6.07, 6.45) is 1.93. The predicted octanol–water partition coefficient (Wildman–Crippen LogP) is 2.96. The van der Waals surface area contributed by atoms with Crippen LogP contribution >= 0.6 is 28.1 Å². The van der Waals surface area contributed by atoms with Crippen molar-refractivity contribution < 1.29 is 9.53 Å². The number of thiocarbonyl (C=S) groups is 1. The van der Waals surface area contributed by atoms with Crippen molar-refractivity contribution in [2.75, 3.05) is 13.2 Å². The van der Waals surface area contributed by atoms with Crippen molar-refractivity contribution in [2.24, 2.45) is 0 Å². The van der Waals surface area contributed by atoms with Crippen LogP contribution in [0.3, 0.4) is 0 Å². The van der Waals surface area contributed by atoms with Gasteiger partial charge in [0.05, 0.1) is 0 Å². The average molecular weight is 422 g/mol. The van der Waals surface area contributed by atoms with Gasteiger partial charge in [0.15, 0.2) is 11.7 Å². The molecule has 0 saturated heterocycles. The molecule has 0 aromatic heterocycles. The van der Waals surface area contributed by atoms with E-state index in [1.807, 2.05) is 30.3 Å². The van der Waals surface area contributed by atoms with E-state index in [4.69, 9.17) is 17.0 Å². The van der Waals surface area contributed by atoms with Gasteiger partial charge >= 0.3 is 0 Å². The fourth-order valence-corrected chi connectivity index (χ4v) is 2.58. The number of halogens is 1. The molecule has 5 nitrogen and oxygen atoms in total. The summed E-state index contributed by atoms with van der Waals surface area (Å²) in [4.78, 5) is 11.7. The summed E-state index contributed by atoms with van der Waals surface area (Å²) >= 11 is 8.46. The van der Waals surface area contributed by atoms with E-state index in [1.165, 1.54) is 5.56 Å². The number of aryl methyl sites for hydroxylation is 1. The minimum absolute atomic E-state index is 0.0971. The first kappa shape index (κ1) is 19.2. The van der Waals surface area contributed by atoms with Crippen LogP contribution in [0.25, 0.3) is 0 Å². The third-order valence-corrected chi connectivity index (χ3v) is 3.99. The maximum atomic E-state index is 11.7. The molecule has 0 fully saturated rings. The number of carbonyl (C=O) groups is 1. The smallest absolute Gasteiger partial charge is 0.276 e. The highest BCUT2D eigenvalue weighted by atomic mass is 79.9. The summed E-state index contributed by atoms with van der Waals surface area (Å²) in [5.41, 5.74) is 6.45. The Morgan fingerprint density at radius 2 is 1.88 bits per heavy atom. The summed E-state index contributed by atoms with van der Waals surface area (Å²) in [5.74, 6) is 0.305. The van der Waals surface area contributed by atoms with Crippen LogP contribution in [-0.2, 0) is 11.2 Å². The lowest BCUT2D eigenvalue weighted by molar-refractivity contribution is -0.123. The molecule has 2 aromatic carbocycles. The minimum atomic E-state index is -0.312. The lowest BCUT2D eigenvalue weighted by Gasteiger charge is -2.12. The van der Waals surface area contributed by atoms with Crippen molar-refractivity contribution in [3.8, 4) is 5.75 Å². The molecule has 0 aliphatic rings. The second kappa shape index (κ2) is 10.7. The van der Waals surface area contributed by atoms with Gasteiger partial charge in [0.1, 0.15) is 5.75 Å². The molecule has 132 valence electrons. The van der Waals surface area contributed by atoms with Crippen molar-refractivity contribution in [1.82, 2.24) is 16.2 Å². The first-order valence-corrected chi connectivity index (χ1v) is 9.08. The molecule has 25 heavy (non-hydrogen) atoms. The van der Waals surface area contributed by atoms with Crippen LogP contribution in [0.2, 0.25) is 0 Å². The molecule has 2 rings (SSSR count). The molecule has 0 unspecified atom stereocenters. The number of hydrogen-bond donors (Lipinski definition) is 3. The fourth-order valence-electron chi connectivity index (χ4n) is 2.05. The van der Waals surface area contributed by atoms with E-state index in [0.717, 1.165) is 23.9 Å². The maximum absolute atomic E-state index is 11.7. The number of carbonyl (C=O) groups excluding carboxylic acids is 1. The van der Waals surface area contributed by atoms with E-state index in [-0.39, 0.29) is 12.5 Å². The fraction of sp³-hybridized carbons (Fsp3) is 0.222. The van der Waals surface area contributed by atoms with Gasteiger partial charge in [-0.05, 0) is 48.8 Å². The van der Waals surface area contributed by atoms with E-state index in [2.05, 4.69) is 44.2 Å². The highest BCUT2D eigenvalue weighted by Crippen LogP contribution is 2.17. The van der Waals surface area contributed by atoms with E-state index >= 15 is 0 Å². The number of nitrogens with one attached hydrogen (secondary N) is 3. The zero-order chi connectivity index (χ0) is 17.9. The molecule has 0 aliphatic carbocycles. The van der Waals surface area contributed by atoms with Gasteiger partial charge in [0.2, 0.25) is 0 Å². The summed E-state index contributed by atoms with van der Waals surface area (Å²) in [7, 11) is 0. The third-order valence-electron chi connectivity index (χ3n) is 3.25. The first-order chi connectivity index (χ1) is 12.1. The third kappa shape index (κ3) is 8.00. The van der Waals surface area contributed by atoms with Crippen molar-refractivity contribution in [3.05, 3.63) is 64.6 Å². The predicted molar refractivity (Wildman–Crippen MR) is 106 cm³/mol. The van der Waals surface area contributed by atoms with Gasteiger partial charge < -0.3 is 10.1 Å². The second-order valence-corrected chi connectivity index (χ2v) is 6.59. The molecule has 0 atom stereocenters. The van der Waals surface area contributed by atoms with Gasteiger partial charge in [-0.1, -0.05) is 52.3 Å². The van der Waals surface area contributed by atoms with Gasteiger partial charge in [0, 0.05) is 11.0 Å². The lowest BCUT2D eigenvalue weighted by atomic mass is 10.1. The Hall–Kier alpha value is -2.12. The lowest BCUT2D eigenvalue weighted by Crippen LogP contribution is -2.48. The van der Waals surface area contributed by atoms with Crippen molar-refractivity contribution >= 4 is 39.2 Å². The molecular formula is C18H20BrN3O2S. The Morgan fingerprint density at radius 1 is 1.08 bits per heavy atom. The van der Waals surface area contributed by atoms with Crippen LogP contribution in [-0.4, -0.2) is 24.2 Å². The minimum Gasteiger partial charge on any atom is -0.484 e. The average Bonchev–Trinajstić information content (AvgIpc) is 2.63. The number of amides is 1. The molecule has 0 heterocycles. The van der Waals surface area contributed by atoms with Crippen molar-refractivity contribution in [2.45, 2.75) is 12.8 Å². The number of hydrogen-bond acceptors (Lipinski definition) is 3. The first-order valence-electron chi connectivity index (χ1n) is 7.88. The Morgan fingerprint density at radius 3 is 2.64 bits per heavy atom. The number of benzene rings is 2. The SMILES string of the molecule is O=C(COc1cccc(Br)c1)NNC(=S)NCCCc1ccccc1. The zero-order valence-electron chi connectivity index (χ0n) is 13.6. The van der Waals surface area contributed by atoms with E-state index in [0.29, 0.717) is 10.9 Å². The normalized spacial score (nSPS) is 9.96. The monoisotopic (exact) mass is 421 g/mol. The molecule has 0 saturated carbocycles. The topological polar surface area (TPSA) is 62.4 Å². The van der Waals surface area contributed by atoms with Crippen LogP contribution in [0.4, 0.5) is 0 Å². The maximum Gasteiger partial charge on any atom is 0.276 e. The number of hydrazine groups is 1. The molecule has 0 radical (unpaired) electrons. The van der Waals surface area contributed by atoms with Gasteiger partial charge in [0.25, 0.3) is 5.91 Å². The van der Waals surface area contributed by atoms with Crippen LogP contribution in [0.15, 0.2) is 59.1 Å². The summed E-state index contributed by atoms with van der Waals surface area (Å²) in [6.45, 7) is 0.630. The van der Waals surface area contributed by atoms with Crippen molar-refractivity contribution in [1.29, 1.82) is 0 Å². The van der Waals surface area contributed by atoms with Gasteiger partial charge in [-0.25, -0.2) is 0 Å². The van der Waals surface area contributed by atoms with Crippen LogP contribution in [0, 0.1) is 0 Å². The molecule has 0 aliphatic heterocycles. The molecule has 7 heteroatoms. The van der Waals surface area contributed by atoms with Gasteiger partial charge in [-0.2, -0.15) is 0 Å². The molecule has 3 N–H and O–H groups in total. The summed E-state index contributed by atoms with van der Waals surface area (Å²) in [5, 5.41) is 3.43. The highest BCUT2D eigenvalue weighted by molar-refractivity contribution is 9.10. The van der Waals surface area contributed by atoms with Crippen LogP contribution in [0.1, 0.15) is 12.0 Å². The summed E-state index contributed by atoms with van der Waals surface area (Å²) in [6, 6.07) is 17.6. The Bertz CT molecular complexity index is 698.